The lowest BCUT2D eigenvalue weighted by molar-refractivity contribution is -0.161. The van der Waals surface area contributed by atoms with E-state index in [1.807, 2.05) is 6.92 Å². The summed E-state index contributed by atoms with van der Waals surface area (Å²) in [6.07, 6.45) is 2.59. The molecule has 3 heteroatoms. The van der Waals surface area contributed by atoms with Crippen molar-refractivity contribution < 1.29 is 14.6 Å². The number of fused-ring (bicyclic) bond motifs is 3. The average molecular weight is 278 g/mol. The molecule has 0 heterocycles. The van der Waals surface area contributed by atoms with Gasteiger partial charge in [0.05, 0.1) is 0 Å². The first-order valence-electron chi connectivity index (χ1n) is 7.74. The number of carbonyl (C=O) groups excluding carboxylic acids is 1. The number of aliphatic hydroxyl groups is 1. The van der Waals surface area contributed by atoms with Crippen molar-refractivity contribution >= 4 is 5.97 Å². The Morgan fingerprint density at radius 3 is 2.60 bits per heavy atom. The van der Waals surface area contributed by atoms with Gasteiger partial charge in [-0.2, -0.15) is 0 Å². The minimum Gasteiger partial charge on any atom is -0.459 e. The summed E-state index contributed by atoms with van der Waals surface area (Å²) in [5.41, 5.74) is 0.617. The number of rotatable bonds is 1. The van der Waals surface area contributed by atoms with E-state index in [0.717, 1.165) is 12.8 Å². The van der Waals surface area contributed by atoms with Crippen molar-refractivity contribution in [1.29, 1.82) is 0 Å². The van der Waals surface area contributed by atoms with Crippen molar-refractivity contribution in [3.8, 4) is 0 Å². The van der Waals surface area contributed by atoms with Crippen LogP contribution in [-0.4, -0.2) is 22.8 Å². The van der Waals surface area contributed by atoms with Crippen molar-refractivity contribution in [1.82, 2.24) is 0 Å². The van der Waals surface area contributed by atoms with E-state index in [4.69, 9.17) is 4.74 Å². The van der Waals surface area contributed by atoms with Gasteiger partial charge in [0.25, 0.3) is 0 Å². The van der Waals surface area contributed by atoms with Gasteiger partial charge in [-0.25, -0.2) is 0 Å². The summed E-state index contributed by atoms with van der Waals surface area (Å²) in [4.78, 5) is 11.3. The summed E-state index contributed by atoms with van der Waals surface area (Å²) in [6.45, 7) is 12.1. The Hall–Kier alpha value is -0.830. The highest BCUT2D eigenvalue weighted by molar-refractivity contribution is 5.66. The molecule has 3 fully saturated rings. The van der Waals surface area contributed by atoms with E-state index in [9.17, 15) is 9.90 Å². The molecule has 1 unspecified atom stereocenters. The molecular formula is C17H26O3. The van der Waals surface area contributed by atoms with Gasteiger partial charge in [-0.1, -0.05) is 26.0 Å². The zero-order valence-corrected chi connectivity index (χ0v) is 13.0. The monoisotopic (exact) mass is 278 g/mol. The molecule has 6 atom stereocenters. The third kappa shape index (κ3) is 1.78. The van der Waals surface area contributed by atoms with E-state index in [1.54, 1.807) is 0 Å². The molecule has 0 aromatic heterocycles. The van der Waals surface area contributed by atoms with Crippen LogP contribution in [0.5, 0.6) is 0 Å². The van der Waals surface area contributed by atoms with Crippen LogP contribution in [0.15, 0.2) is 12.2 Å². The number of esters is 1. The Labute approximate surface area is 121 Å². The van der Waals surface area contributed by atoms with Gasteiger partial charge in [-0.05, 0) is 49.4 Å². The van der Waals surface area contributed by atoms with Crippen molar-refractivity contribution in [3.63, 3.8) is 0 Å². The van der Waals surface area contributed by atoms with Gasteiger partial charge >= 0.3 is 5.97 Å². The fraction of sp³-hybridized carbons (Fsp3) is 0.824. The molecule has 3 rings (SSSR count). The van der Waals surface area contributed by atoms with E-state index < -0.39 is 5.60 Å². The van der Waals surface area contributed by atoms with Crippen LogP contribution in [0.1, 0.15) is 47.0 Å². The summed E-state index contributed by atoms with van der Waals surface area (Å²) >= 11 is 0. The third-order valence-corrected chi connectivity index (χ3v) is 6.36. The Kier molecular flexibility index (Phi) is 2.89. The predicted octanol–water partition coefficient (Wildman–Crippen LogP) is 2.93. The molecule has 3 aliphatic rings. The molecule has 0 bridgehead atoms. The topological polar surface area (TPSA) is 46.5 Å². The Bertz CT molecular complexity index is 463. The van der Waals surface area contributed by atoms with Crippen LogP contribution >= 0.6 is 0 Å². The second kappa shape index (κ2) is 4.09. The molecule has 20 heavy (non-hydrogen) atoms. The van der Waals surface area contributed by atoms with Gasteiger partial charge < -0.3 is 9.84 Å². The first kappa shape index (κ1) is 14.1. The number of allylic oxidation sites excluding steroid dienone is 1. The largest absolute Gasteiger partial charge is 0.459 e. The summed E-state index contributed by atoms with van der Waals surface area (Å²) in [5.74, 6) is 1.39. The molecule has 0 aliphatic heterocycles. The quantitative estimate of drug-likeness (QED) is 0.592. The Balaban J connectivity index is 1.94. The van der Waals surface area contributed by atoms with Crippen LogP contribution in [0.2, 0.25) is 0 Å². The van der Waals surface area contributed by atoms with Gasteiger partial charge in [-0.15, -0.1) is 0 Å². The first-order chi connectivity index (χ1) is 9.17. The van der Waals surface area contributed by atoms with Gasteiger partial charge in [0.15, 0.2) is 0 Å². The highest BCUT2D eigenvalue weighted by Crippen LogP contribution is 2.71. The summed E-state index contributed by atoms with van der Waals surface area (Å²) in [6, 6.07) is 0. The van der Waals surface area contributed by atoms with Crippen LogP contribution in [0.3, 0.4) is 0 Å². The number of ether oxygens (including phenoxy) is 1. The number of hydrogen-bond donors (Lipinski definition) is 1. The molecule has 1 N–H and O–H groups in total. The minimum atomic E-state index is -0.930. The standard InChI is InChI=1S/C17H26O3/c1-9-6-7-12-15(16(12,3)4)14-11(9)8-13(17(14,5)19)20-10(2)18/h11-15,19H,1,6-8H2,2-5H3/t11-,12+,13+,14+,15+,17?/m0/s1. The molecular weight excluding hydrogens is 252 g/mol. The normalized spacial score (nSPS) is 49.0. The lowest BCUT2D eigenvalue weighted by Gasteiger charge is -2.33. The van der Waals surface area contributed by atoms with Gasteiger partial charge in [0, 0.05) is 12.8 Å². The highest BCUT2D eigenvalue weighted by atomic mass is 16.6. The molecule has 112 valence electrons. The molecule has 0 amide bonds. The first-order valence-corrected chi connectivity index (χ1v) is 7.74. The molecule has 3 saturated carbocycles. The molecule has 0 saturated heterocycles. The third-order valence-electron chi connectivity index (χ3n) is 6.36. The Morgan fingerprint density at radius 1 is 1.35 bits per heavy atom. The summed E-state index contributed by atoms with van der Waals surface area (Å²) in [5, 5.41) is 11.1. The zero-order valence-electron chi connectivity index (χ0n) is 13.0. The predicted molar refractivity (Wildman–Crippen MR) is 76.9 cm³/mol. The molecule has 3 aliphatic carbocycles. The fourth-order valence-corrected chi connectivity index (χ4v) is 5.22. The zero-order chi connectivity index (χ0) is 14.9. The van der Waals surface area contributed by atoms with Gasteiger partial charge in [0.1, 0.15) is 11.7 Å². The van der Waals surface area contributed by atoms with Crippen molar-refractivity contribution in [3.05, 3.63) is 12.2 Å². The van der Waals surface area contributed by atoms with Crippen molar-refractivity contribution in [2.24, 2.45) is 29.1 Å². The molecule has 0 spiro atoms. The molecule has 0 aromatic rings. The lowest BCUT2D eigenvalue weighted by Crippen LogP contribution is -2.44. The molecule has 0 radical (unpaired) electrons. The van der Waals surface area contributed by atoms with Crippen LogP contribution in [0, 0.1) is 29.1 Å². The highest BCUT2D eigenvalue weighted by Gasteiger charge is 2.69. The van der Waals surface area contributed by atoms with Crippen LogP contribution < -0.4 is 0 Å². The van der Waals surface area contributed by atoms with Crippen molar-refractivity contribution in [2.75, 3.05) is 0 Å². The van der Waals surface area contributed by atoms with E-state index in [-0.39, 0.29) is 18.0 Å². The maximum atomic E-state index is 11.3. The van der Waals surface area contributed by atoms with E-state index in [2.05, 4.69) is 20.4 Å². The number of hydrogen-bond acceptors (Lipinski definition) is 3. The van der Waals surface area contributed by atoms with Gasteiger partial charge in [0.2, 0.25) is 0 Å². The number of carbonyl (C=O) groups is 1. The Morgan fingerprint density at radius 2 is 2.00 bits per heavy atom. The SMILES string of the molecule is C=C1CC[C@@H]2[C@H]([C@H]3[C@H]1C[C@@H](OC(C)=O)C3(C)O)C2(C)C. The van der Waals surface area contributed by atoms with E-state index >= 15 is 0 Å². The average Bonchev–Trinajstić information content (AvgIpc) is 2.79. The molecule has 0 aromatic carbocycles. The van der Waals surface area contributed by atoms with Crippen LogP contribution in [0.4, 0.5) is 0 Å². The smallest absolute Gasteiger partial charge is 0.303 e. The minimum absolute atomic E-state index is 0.182. The maximum absolute atomic E-state index is 11.3. The molecule has 3 nitrogen and oxygen atoms in total. The fourth-order valence-electron chi connectivity index (χ4n) is 5.22. The second-order valence-electron chi connectivity index (χ2n) is 7.84. The van der Waals surface area contributed by atoms with Crippen LogP contribution in [0.25, 0.3) is 0 Å². The summed E-state index contributed by atoms with van der Waals surface area (Å²) in [7, 11) is 0. The van der Waals surface area contributed by atoms with E-state index in [0.29, 0.717) is 23.2 Å². The summed E-state index contributed by atoms with van der Waals surface area (Å²) < 4.78 is 5.41. The van der Waals surface area contributed by atoms with Crippen LogP contribution in [-0.2, 0) is 9.53 Å². The second-order valence-corrected chi connectivity index (χ2v) is 7.84. The van der Waals surface area contributed by atoms with Crippen molar-refractivity contribution in [2.45, 2.75) is 58.7 Å². The van der Waals surface area contributed by atoms with Gasteiger partial charge in [-0.3, -0.25) is 4.79 Å². The maximum Gasteiger partial charge on any atom is 0.303 e. The lowest BCUT2D eigenvalue weighted by atomic mass is 9.77. The van der Waals surface area contributed by atoms with E-state index in [1.165, 1.54) is 18.9 Å².